The molecule has 46 heavy (non-hydrogen) atoms. The van der Waals surface area contributed by atoms with Crippen LogP contribution in [-0.2, 0) is 56.9 Å². The molecule has 3 rings (SSSR count). The van der Waals surface area contributed by atoms with Gasteiger partial charge in [0.25, 0.3) is 0 Å². The van der Waals surface area contributed by atoms with Gasteiger partial charge in [-0.25, -0.2) is 8.75 Å². The molecular weight excluding hydrogens is 685 g/mol. The molecule has 0 spiro atoms. The Bertz CT molecular complexity index is 1160. The lowest BCUT2D eigenvalue weighted by molar-refractivity contribution is -0.372. The fourth-order valence-corrected chi connectivity index (χ4v) is 5.38. The van der Waals surface area contributed by atoms with Gasteiger partial charge < -0.3 is 84.8 Å². The zero-order valence-electron chi connectivity index (χ0n) is 23.2. The molecular formula is C20H36NO23PS. The summed E-state index contributed by atoms with van der Waals surface area (Å²) in [6.07, 6.45) is -27.2. The molecule has 3 saturated heterocycles. The Kier molecular flexibility index (Phi) is 13.7. The van der Waals surface area contributed by atoms with Crippen LogP contribution in [0.4, 0.5) is 0 Å². The summed E-state index contributed by atoms with van der Waals surface area (Å²) in [7, 11) is -10.5. The molecule has 0 saturated carbocycles. The Morgan fingerprint density at radius 3 is 2.04 bits per heavy atom. The van der Waals surface area contributed by atoms with Crippen molar-refractivity contribution in [3.8, 4) is 0 Å². The average molecular weight is 722 g/mol. The number of aliphatic carboxylic acids is 1. The van der Waals surface area contributed by atoms with E-state index in [4.69, 9.17) is 43.8 Å². The van der Waals surface area contributed by atoms with E-state index < -0.39 is 143 Å². The highest BCUT2D eigenvalue weighted by atomic mass is 32.3. The number of aliphatic hydroxyl groups is 7. The molecule has 0 aromatic rings. The van der Waals surface area contributed by atoms with E-state index in [0.29, 0.717) is 0 Å². The molecule has 0 aromatic heterocycles. The minimum Gasteiger partial charge on any atom is -0.480 e. The third-order valence-electron chi connectivity index (χ3n) is 6.90. The van der Waals surface area contributed by atoms with Crippen molar-refractivity contribution in [1.29, 1.82) is 0 Å². The number of carboxylic acids is 1. The zero-order valence-corrected chi connectivity index (χ0v) is 25.0. The van der Waals surface area contributed by atoms with E-state index in [2.05, 4.69) is 8.71 Å². The number of aliphatic hydroxyl groups excluding tert-OH is 7. The van der Waals surface area contributed by atoms with E-state index >= 15 is 0 Å². The molecule has 0 unspecified atom stereocenters. The van der Waals surface area contributed by atoms with Crippen LogP contribution < -0.4 is 5.73 Å². The maximum atomic E-state index is 11.6. The topological polar surface area (TPSA) is 391 Å². The number of nitrogens with two attached hydrogens (primary N) is 1. The zero-order chi connectivity index (χ0) is 34.7. The van der Waals surface area contributed by atoms with Gasteiger partial charge in [0.15, 0.2) is 18.9 Å². The second-order valence-electron chi connectivity index (χ2n) is 10.2. The summed E-state index contributed by atoms with van der Waals surface area (Å²) in [6, 6.07) is -1.62. The standard InChI is InChI=1S/C20H36NO23PS/c21-5(17(29)30)2-37-20-16(44-45(31,32)33)11(25)7(3-38-20)41-19-14(28)15(10(24)8(42-19)4-39-46(34,35)36)43-18-13(27)12(26)9(23)6(1-22)40-18/h5-16,18-20,22-28H,1-4,21H2,(H,29,30)(H2,31,32,33)(H,34,35,36)/t5-,6+,7+,8+,9-,10-,11-,12-,13+,14+,15-,16+,18-,19+,20+/m0/s1. The largest absolute Gasteiger partial charge is 0.480 e. The molecule has 3 fully saturated rings. The van der Waals surface area contributed by atoms with Crippen molar-refractivity contribution < 1.29 is 110 Å². The van der Waals surface area contributed by atoms with Crippen molar-refractivity contribution in [3.63, 3.8) is 0 Å². The van der Waals surface area contributed by atoms with Gasteiger partial charge in [0.1, 0.15) is 73.2 Å². The predicted octanol–water partition coefficient (Wildman–Crippen LogP) is -7.55. The number of hydrogen-bond acceptors (Lipinski definition) is 20. The molecule has 0 bridgehead atoms. The summed E-state index contributed by atoms with van der Waals surface area (Å²) in [5.74, 6) is -1.51. The molecule has 3 aliphatic heterocycles. The van der Waals surface area contributed by atoms with Crippen LogP contribution in [0.2, 0.25) is 0 Å². The highest BCUT2D eigenvalue weighted by Gasteiger charge is 2.53. The number of hydrogen-bond donors (Lipinski definition) is 12. The monoisotopic (exact) mass is 721 g/mol. The van der Waals surface area contributed by atoms with Crippen molar-refractivity contribution in [2.24, 2.45) is 5.73 Å². The molecule has 270 valence electrons. The van der Waals surface area contributed by atoms with Gasteiger partial charge in [-0.1, -0.05) is 0 Å². The Labute approximate surface area is 258 Å². The summed E-state index contributed by atoms with van der Waals surface area (Å²) in [5.41, 5.74) is 5.34. The van der Waals surface area contributed by atoms with Crippen molar-refractivity contribution in [3.05, 3.63) is 0 Å². The quantitative estimate of drug-likeness (QED) is 0.0585. The summed E-state index contributed by atoms with van der Waals surface area (Å²) >= 11 is 0. The molecule has 3 heterocycles. The SMILES string of the molecule is N[C@@H](CO[C@@H]1OC[C@@H](O[C@@H]2O[C@H](COS(=O)(=O)O)[C@H](O)[C@H](O[C@@H]3O[C@H](CO)[C@H](O)[C@H](O)[C@H]3O)[C@H]2O)[C@H](O)[C@H]1OP(=O)(O)O)C(=O)O. The summed E-state index contributed by atoms with van der Waals surface area (Å²) in [4.78, 5) is 29.6. The van der Waals surface area contributed by atoms with Gasteiger partial charge in [-0.05, 0) is 0 Å². The first-order valence-electron chi connectivity index (χ1n) is 13.1. The summed E-state index contributed by atoms with van der Waals surface area (Å²) in [5, 5.41) is 81.4. The first kappa shape index (κ1) is 39.3. The third kappa shape index (κ3) is 10.2. The van der Waals surface area contributed by atoms with Crippen LogP contribution in [0.3, 0.4) is 0 Å². The second-order valence-corrected chi connectivity index (χ2v) is 12.5. The van der Waals surface area contributed by atoms with Crippen LogP contribution in [0.1, 0.15) is 0 Å². The van der Waals surface area contributed by atoms with Gasteiger partial charge in [0.05, 0.1) is 26.4 Å². The minimum atomic E-state index is -5.40. The van der Waals surface area contributed by atoms with Crippen LogP contribution in [-0.4, -0.2) is 188 Å². The number of ether oxygens (including phenoxy) is 6. The van der Waals surface area contributed by atoms with E-state index in [1.54, 1.807) is 0 Å². The average Bonchev–Trinajstić information content (AvgIpc) is 2.95. The van der Waals surface area contributed by atoms with Crippen molar-refractivity contribution in [2.45, 2.75) is 92.1 Å². The lowest BCUT2D eigenvalue weighted by Gasteiger charge is -2.47. The van der Waals surface area contributed by atoms with Crippen molar-refractivity contribution >= 4 is 24.2 Å². The van der Waals surface area contributed by atoms with Gasteiger partial charge in [-0.15, -0.1) is 0 Å². The Hall–Kier alpha value is -1.11. The highest BCUT2D eigenvalue weighted by Crippen LogP contribution is 2.41. The van der Waals surface area contributed by atoms with Gasteiger partial charge in [-0.3, -0.25) is 13.9 Å². The van der Waals surface area contributed by atoms with Crippen LogP contribution >= 0.6 is 7.82 Å². The van der Waals surface area contributed by atoms with Crippen LogP contribution in [0, 0.1) is 0 Å². The molecule has 3 aliphatic rings. The van der Waals surface area contributed by atoms with Crippen LogP contribution in [0.5, 0.6) is 0 Å². The molecule has 26 heteroatoms. The van der Waals surface area contributed by atoms with Crippen LogP contribution in [0.25, 0.3) is 0 Å². The summed E-state index contributed by atoms with van der Waals surface area (Å²) in [6.45, 7) is -3.54. The van der Waals surface area contributed by atoms with Crippen molar-refractivity contribution in [2.75, 3.05) is 26.4 Å². The van der Waals surface area contributed by atoms with Gasteiger partial charge in [0, 0.05) is 0 Å². The van der Waals surface area contributed by atoms with Gasteiger partial charge in [0.2, 0.25) is 0 Å². The second kappa shape index (κ2) is 16.1. The summed E-state index contributed by atoms with van der Waals surface area (Å²) < 4.78 is 83.4. The predicted molar refractivity (Wildman–Crippen MR) is 136 cm³/mol. The lowest BCUT2D eigenvalue weighted by atomic mass is 9.96. The molecule has 0 aliphatic carbocycles. The highest BCUT2D eigenvalue weighted by molar-refractivity contribution is 7.80. The smallest absolute Gasteiger partial charge is 0.470 e. The third-order valence-corrected chi connectivity index (χ3v) is 7.85. The molecule has 15 atom stereocenters. The first-order valence-corrected chi connectivity index (χ1v) is 16.0. The maximum absolute atomic E-state index is 11.6. The molecule has 24 nitrogen and oxygen atoms in total. The van der Waals surface area contributed by atoms with Gasteiger partial charge >= 0.3 is 24.2 Å². The maximum Gasteiger partial charge on any atom is 0.470 e. The number of phosphoric ester groups is 1. The Balaban J connectivity index is 1.83. The number of carbonyl (C=O) groups is 1. The first-order chi connectivity index (χ1) is 21.2. The fourth-order valence-electron chi connectivity index (χ4n) is 4.53. The number of rotatable bonds is 14. The minimum absolute atomic E-state index is 0.727. The van der Waals surface area contributed by atoms with E-state index in [9.17, 15) is 63.3 Å². The van der Waals surface area contributed by atoms with E-state index in [0.717, 1.165) is 0 Å². The van der Waals surface area contributed by atoms with E-state index in [1.807, 2.05) is 0 Å². The van der Waals surface area contributed by atoms with Crippen molar-refractivity contribution in [1.82, 2.24) is 0 Å². The molecule has 0 radical (unpaired) electrons. The van der Waals surface area contributed by atoms with E-state index in [-0.39, 0.29) is 0 Å². The Morgan fingerprint density at radius 2 is 1.48 bits per heavy atom. The Morgan fingerprint density at radius 1 is 0.870 bits per heavy atom. The number of carboxylic acid groups (broad SMARTS) is 1. The fraction of sp³-hybridized carbons (Fsp3) is 0.950. The number of phosphoric acid groups is 1. The van der Waals surface area contributed by atoms with E-state index in [1.165, 1.54) is 0 Å². The molecule has 13 N–H and O–H groups in total. The van der Waals surface area contributed by atoms with Gasteiger partial charge in [-0.2, -0.15) is 8.42 Å². The normalized spacial score (nSPS) is 41.6. The molecule has 0 amide bonds. The lowest BCUT2D eigenvalue weighted by Crippen LogP contribution is -2.66. The van der Waals surface area contributed by atoms with Crippen LogP contribution in [0.15, 0.2) is 0 Å². The molecule has 0 aromatic carbocycles.